The molecule has 0 unspecified atom stereocenters. The maximum absolute atomic E-state index is 8.51. The van der Waals surface area contributed by atoms with Crippen LogP contribution in [0.4, 0.5) is 0 Å². The van der Waals surface area contributed by atoms with E-state index in [1.54, 1.807) is 0 Å². The number of aliphatic hydroxyl groups excluding tert-OH is 2. The van der Waals surface area contributed by atoms with Gasteiger partial charge in [0.2, 0.25) is 0 Å². The molecule has 13 heavy (non-hydrogen) atoms. The molecule has 3 heteroatoms. The molecule has 76 valence electrons. The van der Waals surface area contributed by atoms with Crippen molar-refractivity contribution in [2.75, 3.05) is 13.2 Å². The average Bonchev–Trinajstić information content (AvgIpc) is 2.10. The minimum absolute atomic E-state index is 0. The van der Waals surface area contributed by atoms with Crippen LogP contribution in [-0.2, 0) is 0 Å². The zero-order valence-corrected chi connectivity index (χ0v) is 7.97. The first-order chi connectivity index (χ1) is 5.91. The topological polar surface area (TPSA) is 40.5 Å². The Bertz CT molecular complexity index is 69.3. The SMILES string of the molecule is OCCCCCCCCCCO.[LiH]. The summed E-state index contributed by atoms with van der Waals surface area (Å²) < 4.78 is 0. The zero-order chi connectivity index (χ0) is 9.07. The molecule has 0 radical (unpaired) electrons. The Hall–Kier alpha value is 0.517. The van der Waals surface area contributed by atoms with E-state index in [1.807, 2.05) is 0 Å². The summed E-state index contributed by atoms with van der Waals surface area (Å²) in [5, 5.41) is 17.0. The molecule has 0 aromatic heterocycles. The van der Waals surface area contributed by atoms with E-state index in [0.717, 1.165) is 25.7 Å². The van der Waals surface area contributed by atoms with Gasteiger partial charge >= 0.3 is 18.9 Å². The number of aliphatic hydroxyl groups is 2. The van der Waals surface area contributed by atoms with Gasteiger partial charge in [-0.1, -0.05) is 38.5 Å². The zero-order valence-electron chi connectivity index (χ0n) is 7.97. The molecule has 0 aliphatic heterocycles. The minimum atomic E-state index is 0. The van der Waals surface area contributed by atoms with Gasteiger partial charge in [-0.3, -0.25) is 0 Å². The summed E-state index contributed by atoms with van der Waals surface area (Å²) in [6.07, 6.45) is 9.30. The van der Waals surface area contributed by atoms with E-state index in [-0.39, 0.29) is 18.9 Å². The fraction of sp³-hybridized carbons (Fsp3) is 1.00. The van der Waals surface area contributed by atoms with Crippen molar-refractivity contribution in [2.24, 2.45) is 0 Å². The summed E-state index contributed by atoms with van der Waals surface area (Å²) in [7, 11) is 0. The molecule has 0 aromatic carbocycles. The van der Waals surface area contributed by atoms with E-state index in [2.05, 4.69) is 0 Å². The third-order valence-corrected chi connectivity index (χ3v) is 2.07. The van der Waals surface area contributed by atoms with Crippen LogP contribution in [0.1, 0.15) is 51.4 Å². The fourth-order valence-corrected chi connectivity index (χ4v) is 1.28. The van der Waals surface area contributed by atoms with Gasteiger partial charge in [0.05, 0.1) is 0 Å². The van der Waals surface area contributed by atoms with Crippen molar-refractivity contribution in [2.45, 2.75) is 51.4 Å². The molecule has 0 atom stereocenters. The Morgan fingerprint density at radius 1 is 0.462 bits per heavy atom. The molecule has 0 aromatic rings. The second-order valence-electron chi connectivity index (χ2n) is 3.28. The van der Waals surface area contributed by atoms with Crippen molar-refractivity contribution in [1.82, 2.24) is 0 Å². The standard InChI is InChI=1S/C10H22O2.Li.H/c11-9-7-5-3-1-2-4-6-8-10-12;;/h11-12H,1-10H2;;. The van der Waals surface area contributed by atoms with Crippen LogP contribution in [0.3, 0.4) is 0 Å². The molecule has 0 amide bonds. The molecule has 0 heterocycles. The fourth-order valence-electron chi connectivity index (χ4n) is 1.28. The van der Waals surface area contributed by atoms with E-state index >= 15 is 0 Å². The van der Waals surface area contributed by atoms with E-state index in [9.17, 15) is 0 Å². The van der Waals surface area contributed by atoms with Gasteiger partial charge in [0.15, 0.2) is 0 Å². The van der Waals surface area contributed by atoms with E-state index < -0.39 is 0 Å². The summed E-state index contributed by atoms with van der Waals surface area (Å²) >= 11 is 0. The Labute approximate surface area is 93.9 Å². The normalized spacial score (nSPS) is 9.69. The summed E-state index contributed by atoms with van der Waals surface area (Å²) in [6, 6.07) is 0. The second kappa shape index (κ2) is 15.0. The van der Waals surface area contributed by atoms with Gasteiger partial charge in [0.25, 0.3) is 0 Å². The van der Waals surface area contributed by atoms with E-state index in [4.69, 9.17) is 10.2 Å². The summed E-state index contributed by atoms with van der Waals surface area (Å²) in [5.41, 5.74) is 0. The maximum atomic E-state index is 8.51. The van der Waals surface area contributed by atoms with Gasteiger partial charge in [0.1, 0.15) is 0 Å². The first kappa shape index (κ1) is 16.0. The Balaban J connectivity index is 0. The van der Waals surface area contributed by atoms with Crippen molar-refractivity contribution in [3.05, 3.63) is 0 Å². The molecule has 0 rings (SSSR count). The van der Waals surface area contributed by atoms with Crippen molar-refractivity contribution in [3.63, 3.8) is 0 Å². The van der Waals surface area contributed by atoms with Crippen LogP contribution >= 0.6 is 0 Å². The predicted molar refractivity (Wildman–Crippen MR) is 58.3 cm³/mol. The molecule has 0 aliphatic rings. The van der Waals surface area contributed by atoms with Crippen LogP contribution < -0.4 is 0 Å². The summed E-state index contributed by atoms with van der Waals surface area (Å²) in [6.45, 7) is 0.676. The molecule has 0 fully saturated rings. The quantitative estimate of drug-likeness (QED) is 0.418. The number of hydrogen-bond donors (Lipinski definition) is 2. The second-order valence-corrected chi connectivity index (χ2v) is 3.28. The van der Waals surface area contributed by atoms with Crippen LogP contribution in [0.2, 0.25) is 0 Å². The molecule has 0 bridgehead atoms. The molecule has 0 spiro atoms. The Kier molecular flexibility index (Phi) is 18.4. The Morgan fingerprint density at radius 3 is 0.923 bits per heavy atom. The number of unbranched alkanes of at least 4 members (excludes halogenated alkanes) is 7. The van der Waals surface area contributed by atoms with Gasteiger partial charge in [-0.2, -0.15) is 0 Å². The monoisotopic (exact) mass is 182 g/mol. The van der Waals surface area contributed by atoms with Crippen LogP contribution in [0, 0.1) is 0 Å². The van der Waals surface area contributed by atoms with Gasteiger partial charge in [-0.15, -0.1) is 0 Å². The molecule has 2 nitrogen and oxygen atoms in total. The summed E-state index contributed by atoms with van der Waals surface area (Å²) in [4.78, 5) is 0. The van der Waals surface area contributed by atoms with Crippen LogP contribution in [0.25, 0.3) is 0 Å². The first-order valence-corrected chi connectivity index (χ1v) is 5.13. The average molecular weight is 182 g/mol. The Morgan fingerprint density at radius 2 is 0.692 bits per heavy atom. The van der Waals surface area contributed by atoms with E-state index in [0.29, 0.717) is 13.2 Å². The number of rotatable bonds is 9. The predicted octanol–water partition coefficient (Wildman–Crippen LogP) is 1.44. The number of hydrogen-bond acceptors (Lipinski definition) is 2. The van der Waals surface area contributed by atoms with Crippen molar-refractivity contribution in [3.8, 4) is 0 Å². The summed E-state index contributed by atoms with van der Waals surface area (Å²) in [5.74, 6) is 0. The molecular formula is C10H23LiO2. The van der Waals surface area contributed by atoms with Crippen molar-refractivity contribution in [1.29, 1.82) is 0 Å². The van der Waals surface area contributed by atoms with Crippen LogP contribution in [0.15, 0.2) is 0 Å². The van der Waals surface area contributed by atoms with Crippen LogP contribution in [0.5, 0.6) is 0 Å². The van der Waals surface area contributed by atoms with Crippen molar-refractivity contribution >= 4 is 18.9 Å². The van der Waals surface area contributed by atoms with Gasteiger partial charge in [-0.05, 0) is 12.8 Å². The van der Waals surface area contributed by atoms with Crippen LogP contribution in [-0.4, -0.2) is 42.3 Å². The van der Waals surface area contributed by atoms with Gasteiger partial charge in [0, 0.05) is 13.2 Å². The molecular weight excluding hydrogens is 159 g/mol. The van der Waals surface area contributed by atoms with Crippen molar-refractivity contribution < 1.29 is 10.2 Å². The first-order valence-electron chi connectivity index (χ1n) is 5.13. The third kappa shape index (κ3) is 15.3. The molecule has 0 aliphatic carbocycles. The van der Waals surface area contributed by atoms with E-state index in [1.165, 1.54) is 25.7 Å². The third-order valence-electron chi connectivity index (χ3n) is 2.07. The molecule has 0 saturated heterocycles. The van der Waals surface area contributed by atoms with Gasteiger partial charge < -0.3 is 10.2 Å². The molecule has 2 N–H and O–H groups in total. The van der Waals surface area contributed by atoms with Gasteiger partial charge in [-0.25, -0.2) is 0 Å². The molecule has 0 saturated carbocycles.